The maximum atomic E-state index is 13.0. The highest BCUT2D eigenvalue weighted by Crippen LogP contribution is 2.30. The number of carbonyl (C=O) groups is 1. The van der Waals surface area contributed by atoms with Crippen molar-refractivity contribution in [2.45, 2.75) is 13.3 Å². The van der Waals surface area contributed by atoms with Crippen molar-refractivity contribution < 1.29 is 18.0 Å². The van der Waals surface area contributed by atoms with Crippen LogP contribution in [-0.2, 0) is 0 Å². The lowest BCUT2D eigenvalue weighted by Gasteiger charge is -2.06. The Bertz CT molecular complexity index is 377. The molecule has 0 radical (unpaired) electrons. The Balaban J connectivity index is 3.35. The Morgan fingerprint density at radius 3 is 2.43 bits per heavy atom. The summed E-state index contributed by atoms with van der Waals surface area (Å²) in [6.45, 7) is 1.19. The van der Waals surface area contributed by atoms with Crippen LogP contribution in [0.15, 0.2) is 16.6 Å². The zero-order chi connectivity index (χ0) is 10.9. The van der Waals surface area contributed by atoms with Gasteiger partial charge in [0.15, 0.2) is 5.78 Å². The molecule has 76 valence electrons. The van der Waals surface area contributed by atoms with Crippen molar-refractivity contribution in [3.05, 3.63) is 33.5 Å². The van der Waals surface area contributed by atoms with Gasteiger partial charge in [0.25, 0.3) is 6.43 Å². The van der Waals surface area contributed by atoms with E-state index in [9.17, 15) is 18.0 Å². The highest BCUT2D eigenvalue weighted by molar-refractivity contribution is 9.10. The van der Waals surface area contributed by atoms with Gasteiger partial charge in [-0.1, -0.05) is 0 Å². The minimum atomic E-state index is -2.81. The first-order valence-corrected chi connectivity index (χ1v) is 4.50. The molecule has 5 heteroatoms. The van der Waals surface area contributed by atoms with Crippen molar-refractivity contribution in [3.8, 4) is 0 Å². The summed E-state index contributed by atoms with van der Waals surface area (Å²) < 4.78 is 37.4. The molecule has 0 aliphatic rings. The van der Waals surface area contributed by atoms with Gasteiger partial charge in [-0.3, -0.25) is 4.79 Å². The highest BCUT2D eigenvalue weighted by atomic mass is 79.9. The first kappa shape index (κ1) is 11.2. The molecule has 0 spiro atoms. The van der Waals surface area contributed by atoms with Crippen LogP contribution in [0.1, 0.15) is 29.3 Å². The van der Waals surface area contributed by atoms with E-state index in [2.05, 4.69) is 15.9 Å². The van der Waals surface area contributed by atoms with E-state index in [1.54, 1.807) is 0 Å². The molecule has 1 aromatic rings. The molecule has 0 fully saturated rings. The van der Waals surface area contributed by atoms with E-state index in [1.165, 1.54) is 6.92 Å². The lowest BCUT2D eigenvalue weighted by atomic mass is 10.1. The normalized spacial score (nSPS) is 10.7. The Kier molecular flexibility index (Phi) is 3.31. The number of rotatable bonds is 2. The van der Waals surface area contributed by atoms with Crippen LogP contribution in [-0.4, -0.2) is 5.78 Å². The van der Waals surface area contributed by atoms with Gasteiger partial charge < -0.3 is 0 Å². The number of hydrogen-bond acceptors (Lipinski definition) is 1. The van der Waals surface area contributed by atoms with Crippen LogP contribution in [0.3, 0.4) is 0 Å². The third-order valence-corrected chi connectivity index (χ3v) is 2.53. The second-order valence-electron chi connectivity index (χ2n) is 2.72. The summed E-state index contributed by atoms with van der Waals surface area (Å²) in [6.07, 6.45) is -2.81. The van der Waals surface area contributed by atoms with E-state index in [0.29, 0.717) is 0 Å². The highest BCUT2D eigenvalue weighted by Gasteiger charge is 2.17. The molecule has 0 aliphatic carbocycles. The number of ketones is 1. The van der Waals surface area contributed by atoms with Crippen LogP contribution in [0.4, 0.5) is 13.2 Å². The zero-order valence-corrected chi connectivity index (χ0v) is 8.74. The molecule has 1 aromatic carbocycles. The zero-order valence-electron chi connectivity index (χ0n) is 7.15. The van der Waals surface area contributed by atoms with E-state index in [1.807, 2.05) is 0 Å². The number of halogens is 4. The quantitative estimate of drug-likeness (QED) is 0.746. The molecule has 0 unspecified atom stereocenters. The van der Waals surface area contributed by atoms with Gasteiger partial charge in [-0.25, -0.2) is 13.2 Å². The maximum absolute atomic E-state index is 13.0. The molecule has 1 nitrogen and oxygen atoms in total. The monoisotopic (exact) mass is 266 g/mol. The SMILES string of the molecule is CC(=O)c1cc(F)c(Br)c(C(F)F)c1. The second kappa shape index (κ2) is 4.13. The number of hydrogen-bond donors (Lipinski definition) is 0. The fraction of sp³-hybridized carbons (Fsp3) is 0.222. The van der Waals surface area contributed by atoms with E-state index in [-0.39, 0.29) is 10.0 Å². The minimum Gasteiger partial charge on any atom is -0.295 e. The molecule has 0 heterocycles. The van der Waals surface area contributed by atoms with Crippen molar-refractivity contribution in [2.24, 2.45) is 0 Å². The molecule has 0 saturated carbocycles. The summed E-state index contributed by atoms with van der Waals surface area (Å²) in [5, 5.41) is 0. The largest absolute Gasteiger partial charge is 0.295 e. The van der Waals surface area contributed by atoms with Gasteiger partial charge in [-0.2, -0.15) is 0 Å². The van der Waals surface area contributed by atoms with Gasteiger partial charge in [0, 0.05) is 11.1 Å². The van der Waals surface area contributed by atoms with Crippen LogP contribution in [0, 0.1) is 5.82 Å². The van der Waals surface area contributed by atoms with Gasteiger partial charge in [-0.05, 0) is 35.0 Å². The lowest BCUT2D eigenvalue weighted by Crippen LogP contribution is -1.98. The van der Waals surface area contributed by atoms with Gasteiger partial charge in [0.1, 0.15) is 5.82 Å². The Labute approximate surface area is 87.1 Å². The molecule has 0 bridgehead atoms. The maximum Gasteiger partial charge on any atom is 0.265 e. The van der Waals surface area contributed by atoms with Crippen LogP contribution in [0.2, 0.25) is 0 Å². The van der Waals surface area contributed by atoms with Gasteiger partial charge in [-0.15, -0.1) is 0 Å². The smallest absolute Gasteiger partial charge is 0.265 e. The van der Waals surface area contributed by atoms with E-state index < -0.39 is 23.6 Å². The predicted molar refractivity (Wildman–Crippen MR) is 49.1 cm³/mol. The summed E-state index contributed by atoms with van der Waals surface area (Å²) >= 11 is 2.70. The summed E-state index contributed by atoms with van der Waals surface area (Å²) in [5.41, 5.74) is -0.559. The molecule has 0 aliphatic heterocycles. The summed E-state index contributed by atoms with van der Waals surface area (Å²) in [5.74, 6) is -1.30. The van der Waals surface area contributed by atoms with Crippen molar-refractivity contribution in [3.63, 3.8) is 0 Å². The molecule has 0 aromatic heterocycles. The van der Waals surface area contributed by atoms with E-state index in [0.717, 1.165) is 12.1 Å². The Hall–Kier alpha value is -0.840. The van der Waals surface area contributed by atoms with Gasteiger partial charge in [0.2, 0.25) is 0 Å². The molecule has 0 saturated heterocycles. The number of Topliss-reactive ketones (excluding diaryl/α,β-unsaturated/α-hetero) is 1. The van der Waals surface area contributed by atoms with Gasteiger partial charge >= 0.3 is 0 Å². The summed E-state index contributed by atoms with van der Waals surface area (Å²) in [4.78, 5) is 10.9. The van der Waals surface area contributed by atoms with Crippen LogP contribution < -0.4 is 0 Å². The summed E-state index contributed by atoms with van der Waals surface area (Å²) in [7, 11) is 0. The van der Waals surface area contributed by atoms with Crippen LogP contribution in [0.25, 0.3) is 0 Å². The number of carbonyl (C=O) groups excluding carboxylic acids is 1. The average Bonchev–Trinajstić information content (AvgIpc) is 2.08. The molecule has 0 amide bonds. The fourth-order valence-corrected chi connectivity index (χ4v) is 1.37. The van der Waals surface area contributed by atoms with Gasteiger partial charge in [0.05, 0.1) is 4.47 Å². The van der Waals surface area contributed by atoms with E-state index >= 15 is 0 Å². The third-order valence-electron chi connectivity index (χ3n) is 1.70. The molecule has 14 heavy (non-hydrogen) atoms. The minimum absolute atomic E-state index is 0.0546. The van der Waals surface area contributed by atoms with Crippen molar-refractivity contribution in [1.29, 1.82) is 0 Å². The lowest BCUT2D eigenvalue weighted by molar-refractivity contribution is 0.101. The Morgan fingerprint density at radius 2 is 2.00 bits per heavy atom. The molecular formula is C9H6BrF3O. The topological polar surface area (TPSA) is 17.1 Å². The van der Waals surface area contributed by atoms with Crippen molar-refractivity contribution in [1.82, 2.24) is 0 Å². The molecule has 1 rings (SSSR count). The van der Waals surface area contributed by atoms with Crippen molar-refractivity contribution >= 4 is 21.7 Å². The number of alkyl halides is 2. The fourth-order valence-electron chi connectivity index (χ4n) is 0.972. The molecular weight excluding hydrogens is 261 g/mol. The first-order chi connectivity index (χ1) is 6.43. The molecule has 0 N–H and O–H groups in total. The second-order valence-corrected chi connectivity index (χ2v) is 3.51. The van der Waals surface area contributed by atoms with E-state index in [4.69, 9.17) is 0 Å². The summed E-state index contributed by atoms with van der Waals surface area (Å²) in [6, 6.07) is 1.92. The number of benzene rings is 1. The predicted octanol–water partition coefficient (Wildman–Crippen LogP) is 3.73. The molecule has 0 atom stereocenters. The van der Waals surface area contributed by atoms with Crippen LogP contribution in [0.5, 0.6) is 0 Å². The third kappa shape index (κ3) is 2.15. The van der Waals surface area contributed by atoms with Crippen molar-refractivity contribution in [2.75, 3.05) is 0 Å². The first-order valence-electron chi connectivity index (χ1n) is 3.71. The van der Waals surface area contributed by atoms with Crippen LogP contribution >= 0.6 is 15.9 Å². The average molecular weight is 267 g/mol. The standard InChI is InChI=1S/C9H6BrF3O/c1-4(14)5-2-6(9(12)13)8(10)7(11)3-5/h2-3,9H,1H3. The Morgan fingerprint density at radius 1 is 1.43 bits per heavy atom.